The molecular weight excluding hydrogens is 282 g/mol. The van der Waals surface area contributed by atoms with E-state index in [1.165, 1.54) is 70.6 Å². The summed E-state index contributed by atoms with van der Waals surface area (Å²) in [7, 11) is 0. The van der Waals surface area contributed by atoms with Gasteiger partial charge in [-0.2, -0.15) is 0 Å². The summed E-state index contributed by atoms with van der Waals surface area (Å²) in [6.45, 7) is 2.26. The van der Waals surface area contributed by atoms with Crippen LogP contribution < -0.4 is 6.15 Å². The first kappa shape index (κ1) is 22.9. The average molecular weight is 318 g/mol. The van der Waals surface area contributed by atoms with Crippen LogP contribution in [0.2, 0.25) is 0 Å². The highest BCUT2D eigenvalue weighted by Gasteiger charge is 1.95. The molecule has 0 bridgehead atoms. The van der Waals surface area contributed by atoms with Crippen LogP contribution in [-0.2, 0) is 4.79 Å². The molecule has 0 aliphatic heterocycles. The predicted octanol–water partition coefficient (Wildman–Crippen LogP) is 6.95. The normalized spacial score (nSPS) is 10.8. The lowest BCUT2D eigenvalue weighted by molar-refractivity contribution is -0.111. The first-order chi connectivity index (χ1) is 9.77. The summed E-state index contributed by atoms with van der Waals surface area (Å²) in [5.74, 6) is 0. The van der Waals surface area contributed by atoms with Gasteiger partial charge in [0, 0.05) is 6.42 Å². The van der Waals surface area contributed by atoms with Gasteiger partial charge in [0.2, 0.25) is 5.24 Å². The molecule has 21 heavy (non-hydrogen) atoms. The maximum atomic E-state index is 10.5. The Morgan fingerprint density at radius 1 is 0.762 bits per heavy atom. The van der Waals surface area contributed by atoms with Gasteiger partial charge in [0.1, 0.15) is 0 Å². The van der Waals surface area contributed by atoms with E-state index in [0.717, 1.165) is 12.8 Å². The first-order valence-corrected chi connectivity index (χ1v) is 8.98. The fourth-order valence-electron chi connectivity index (χ4n) is 2.33. The van der Waals surface area contributed by atoms with Crippen molar-refractivity contribution < 1.29 is 4.79 Å². The molecule has 0 saturated carbocycles. The van der Waals surface area contributed by atoms with E-state index in [9.17, 15) is 4.79 Å². The summed E-state index contributed by atoms with van der Waals surface area (Å²) in [5, 5.41) is -0.192. The minimum Gasteiger partial charge on any atom is -0.344 e. The second-order valence-corrected chi connectivity index (χ2v) is 6.11. The highest BCUT2D eigenvalue weighted by molar-refractivity contribution is 6.63. The first-order valence-electron chi connectivity index (χ1n) is 8.60. The van der Waals surface area contributed by atoms with E-state index in [2.05, 4.69) is 19.1 Å². The number of allylic oxidation sites excluding steroid dienone is 2. The molecule has 0 radical (unpaired) electrons. The lowest BCUT2D eigenvalue weighted by atomic mass is 10.1. The summed E-state index contributed by atoms with van der Waals surface area (Å²) in [5.41, 5.74) is 0. The van der Waals surface area contributed by atoms with Crippen LogP contribution in [0.5, 0.6) is 0 Å². The van der Waals surface area contributed by atoms with Crippen LogP contribution in [0.3, 0.4) is 0 Å². The third-order valence-corrected chi connectivity index (χ3v) is 3.82. The molecule has 0 heterocycles. The van der Waals surface area contributed by atoms with Gasteiger partial charge in [0.25, 0.3) is 0 Å². The molecule has 0 aromatic carbocycles. The molecule has 0 aliphatic rings. The topological polar surface area (TPSA) is 52.1 Å². The minimum absolute atomic E-state index is 0. The van der Waals surface area contributed by atoms with Crippen molar-refractivity contribution in [3.63, 3.8) is 0 Å². The molecule has 3 N–H and O–H groups in total. The molecule has 0 rings (SSSR count). The smallest absolute Gasteiger partial charge is 0.221 e. The Balaban J connectivity index is 0. The van der Waals surface area contributed by atoms with Crippen molar-refractivity contribution in [2.45, 2.75) is 96.8 Å². The summed E-state index contributed by atoms with van der Waals surface area (Å²) in [6, 6.07) is 0. The Morgan fingerprint density at radius 2 is 1.19 bits per heavy atom. The van der Waals surface area contributed by atoms with E-state index in [0.29, 0.717) is 6.42 Å². The van der Waals surface area contributed by atoms with Gasteiger partial charge in [-0.15, -0.1) is 0 Å². The van der Waals surface area contributed by atoms with E-state index < -0.39 is 0 Å². The quantitative estimate of drug-likeness (QED) is 0.202. The van der Waals surface area contributed by atoms with Gasteiger partial charge >= 0.3 is 0 Å². The summed E-state index contributed by atoms with van der Waals surface area (Å²) < 4.78 is 0. The van der Waals surface area contributed by atoms with Gasteiger partial charge in [-0.05, 0) is 43.7 Å². The Hall–Kier alpha value is -0.340. The third-order valence-electron chi connectivity index (χ3n) is 3.64. The molecule has 0 aromatic heterocycles. The van der Waals surface area contributed by atoms with Crippen molar-refractivity contribution >= 4 is 16.8 Å². The number of unbranched alkanes of at least 4 members (excludes halogenated alkanes) is 11. The number of hydrogen-bond acceptors (Lipinski definition) is 2. The van der Waals surface area contributed by atoms with Gasteiger partial charge < -0.3 is 6.15 Å². The van der Waals surface area contributed by atoms with Crippen LogP contribution in [0, 0.1) is 0 Å². The van der Waals surface area contributed by atoms with Crippen molar-refractivity contribution in [1.82, 2.24) is 6.15 Å². The zero-order valence-electron chi connectivity index (χ0n) is 14.0. The molecular formula is C18H36ClNO. The monoisotopic (exact) mass is 317 g/mol. The van der Waals surface area contributed by atoms with Crippen molar-refractivity contribution in [2.24, 2.45) is 0 Å². The summed E-state index contributed by atoms with van der Waals surface area (Å²) >= 11 is 5.29. The van der Waals surface area contributed by atoms with E-state index in [4.69, 9.17) is 11.6 Å². The Morgan fingerprint density at radius 3 is 1.67 bits per heavy atom. The second kappa shape index (κ2) is 19.7. The van der Waals surface area contributed by atoms with E-state index >= 15 is 0 Å². The molecule has 0 atom stereocenters. The fraction of sp³-hybridized carbons (Fsp3) is 0.833. The zero-order chi connectivity index (χ0) is 14.9. The molecule has 0 fully saturated rings. The van der Waals surface area contributed by atoms with Gasteiger partial charge in [-0.1, -0.05) is 70.4 Å². The number of carbonyl (C=O) groups excluding carboxylic acids is 1. The number of rotatable bonds is 15. The Labute approximate surface area is 137 Å². The number of halogens is 1. The van der Waals surface area contributed by atoms with Gasteiger partial charge in [-0.3, -0.25) is 4.79 Å². The number of hydrogen-bond donors (Lipinski definition) is 1. The van der Waals surface area contributed by atoms with Gasteiger partial charge in [0.15, 0.2) is 0 Å². The molecule has 2 nitrogen and oxygen atoms in total. The minimum atomic E-state index is -0.192. The van der Waals surface area contributed by atoms with Crippen LogP contribution in [0.15, 0.2) is 12.2 Å². The van der Waals surface area contributed by atoms with E-state index in [1.54, 1.807) is 0 Å². The van der Waals surface area contributed by atoms with E-state index in [-0.39, 0.29) is 11.4 Å². The fourth-order valence-corrected chi connectivity index (χ4v) is 2.47. The molecule has 3 heteroatoms. The van der Waals surface area contributed by atoms with Crippen LogP contribution in [0.25, 0.3) is 0 Å². The van der Waals surface area contributed by atoms with Gasteiger partial charge in [-0.25, -0.2) is 0 Å². The molecule has 0 saturated heterocycles. The zero-order valence-corrected chi connectivity index (χ0v) is 14.8. The van der Waals surface area contributed by atoms with Crippen LogP contribution >= 0.6 is 11.6 Å². The van der Waals surface area contributed by atoms with Crippen molar-refractivity contribution in [3.8, 4) is 0 Å². The lowest BCUT2D eigenvalue weighted by Gasteiger charge is -1.99. The van der Waals surface area contributed by atoms with Crippen molar-refractivity contribution in [3.05, 3.63) is 12.2 Å². The van der Waals surface area contributed by atoms with E-state index in [1.807, 2.05) is 0 Å². The van der Waals surface area contributed by atoms with Crippen molar-refractivity contribution in [1.29, 1.82) is 0 Å². The number of carbonyl (C=O) groups is 1. The maximum Gasteiger partial charge on any atom is 0.221 e. The lowest BCUT2D eigenvalue weighted by Crippen LogP contribution is -1.86. The second-order valence-electron chi connectivity index (χ2n) is 5.69. The Kier molecular flexibility index (Phi) is 21.5. The van der Waals surface area contributed by atoms with Crippen LogP contribution in [0.4, 0.5) is 0 Å². The Bertz CT molecular complexity index is 241. The molecule has 0 unspecified atom stereocenters. The van der Waals surface area contributed by atoms with Crippen LogP contribution in [0.1, 0.15) is 96.8 Å². The van der Waals surface area contributed by atoms with Crippen LogP contribution in [-0.4, -0.2) is 5.24 Å². The summed E-state index contributed by atoms with van der Waals surface area (Å²) in [6.07, 6.45) is 21.9. The predicted molar refractivity (Wildman–Crippen MR) is 95.3 cm³/mol. The molecule has 126 valence electrons. The SMILES string of the molecule is CCCCCCCC/C=C\CCCCCCCC(=O)Cl.N. The highest BCUT2D eigenvalue weighted by atomic mass is 35.5. The summed E-state index contributed by atoms with van der Waals surface area (Å²) in [4.78, 5) is 10.5. The third kappa shape index (κ3) is 22.1. The van der Waals surface area contributed by atoms with Crippen molar-refractivity contribution in [2.75, 3.05) is 0 Å². The maximum absolute atomic E-state index is 10.5. The highest BCUT2D eigenvalue weighted by Crippen LogP contribution is 2.10. The molecule has 0 aromatic rings. The largest absolute Gasteiger partial charge is 0.344 e. The standard InChI is InChI=1S/C18H33ClO.H3N/c1-2-3-4-5-6-7-8-9-10-11-12-13-14-15-16-17-18(19)20;/h9-10H,2-8,11-17H2,1H3;1H3/b10-9-;. The molecule has 0 aliphatic carbocycles. The van der Waals surface area contributed by atoms with Gasteiger partial charge in [0.05, 0.1) is 0 Å². The average Bonchev–Trinajstić information content (AvgIpc) is 2.43. The molecule has 0 spiro atoms. The molecule has 0 amide bonds.